The first kappa shape index (κ1) is 14.0. The van der Waals surface area contributed by atoms with Crippen molar-refractivity contribution in [3.63, 3.8) is 0 Å². The Balaban J connectivity index is 2.26. The van der Waals surface area contributed by atoms with Gasteiger partial charge in [-0.05, 0) is 0 Å². The highest BCUT2D eigenvalue weighted by molar-refractivity contribution is 5.43. The van der Waals surface area contributed by atoms with Gasteiger partial charge in [-0.2, -0.15) is 15.0 Å². The molecule has 0 fully saturated rings. The number of nitrogens with zero attached hydrogens (tertiary/aromatic N) is 7. The zero-order chi connectivity index (χ0) is 14.7. The van der Waals surface area contributed by atoms with E-state index in [-0.39, 0.29) is 0 Å². The Morgan fingerprint density at radius 1 is 1.20 bits per heavy atom. The molecule has 2 rings (SSSR count). The minimum absolute atomic E-state index is 0.324. The van der Waals surface area contributed by atoms with Gasteiger partial charge in [0.25, 0.3) is 0 Å². The molecule has 0 atom stereocenters. The molecule has 9 heteroatoms. The minimum Gasteiger partial charge on any atom is -0.347 e. The summed E-state index contributed by atoms with van der Waals surface area (Å²) in [7, 11) is 7.56. The maximum absolute atomic E-state index is 5.39. The fourth-order valence-corrected chi connectivity index (χ4v) is 1.62. The molecule has 0 aliphatic rings. The average Bonchev–Trinajstić information content (AvgIpc) is 2.83. The van der Waals surface area contributed by atoms with E-state index in [9.17, 15) is 0 Å². The smallest absolute Gasteiger partial charge is 0.243 e. The summed E-state index contributed by atoms with van der Waals surface area (Å²) >= 11 is 0. The van der Waals surface area contributed by atoms with Crippen LogP contribution in [0.4, 0.5) is 17.8 Å². The van der Waals surface area contributed by atoms with E-state index in [4.69, 9.17) is 5.84 Å². The topological polar surface area (TPSA) is 101 Å². The zero-order valence-corrected chi connectivity index (χ0v) is 12.1. The molecule has 0 saturated heterocycles. The van der Waals surface area contributed by atoms with Gasteiger partial charge in [-0.3, -0.25) is 5.43 Å². The molecule has 9 nitrogen and oxygen atoms in total. The van der Waals surface area contributed by atoms with Crippen LogP contribution in [-0.2, 0) is 13.6 Å². The van der Waals surface area contributed by atoms with Crippen molar-refractivity contribution in [1.29, 1.82) is 0 Å². The molecule has 0 spiro atoms. The monoisotopic (exact) mass is 277 g/mol. The highest BCUT2D eigenvalue weighted by Crippen LogP contribution is 2.15. The lowest BCUT2D eigenvalue weighted by atomic mass is 10.5. The Hall–Kier alpha value is -2.42. The molecule has 2 aromatic heterocycles. The van der Waals surface area contributed by atoms with E-state index in [0.717, 1.165) is 5.82 Å². The molecular weight excluding hydrogens is 258 g/mol. The fraction of sp³-hybridized carbons (Fsp3) is 0.455. The van der Waals surface area contributed by atoms with Crippen LogP contribution in [-0.4, -0.2) is 45.6 Å². The number of hydrogen-bond donors (Lipinski definition) is 2. The van der Waals surface area contributed by atoms with Crippen molar-refractivity contribution >= 4 is 17.8 Å². The summed E-state index contributed by atoms with van der Waals surface area (Å²) in [5, 5.41) is 0. The van der Waals surface area contributed by atoms with Gasteiger partial charge >= 0.3 is 0 Å². The number of rotatable bonds is 5. The Kier molecular flexibility index (Phi) is 3.99. The first-order valence-corrected chi connectivity index (χ1v) is 6.08. The SMILES string of the molecule is CN(C)c1nc(NN)nc(N(C)Cc2nccn2C)n1. The van der Waals surface area contributed by atoms with E-state index in [1.807, 2.05) is 43.9 Å². The van der Waals surface area contributed by atoms with E-state index in [2.05, 4.69) is 25.4 Å². The molecule has 20 heavy (non-hydrogen) atoms. The van der Waals surface area contributed by atoms with Gasteiger partial charge in [-0.15, -0.1) is 0 Å². The maximum Gasteiger partial charge on any atom is 0.243 e. The van der Waals surface area contributed by atoms with Gasteiger partial charge in [0.15, 0.2) is 0 Å². The molecule has 0 aromatic carbocycles. The predicted octanol–water partition coefficient (Wildman–Crippen LogP) is -0.407. The lowest BCUT2D eigenvalue weighted by molar-refractivity contribution is 0.743. The van der Waals surface area contributed by atoms with Gasteiger partial charge in [0.05, 0.1) is 6.54 Å². The van der Waals surface area contributed by atoms with Crippen LogP contribution in [0.2, 0.25) is 0 Å². The van der Waals surface area contributed by atoms with Crippen molar-refractivity contribution in [2.45, 2.75) is 6.54 Å². The van der Waals surface area contributed by atoms with Crippen molar-refractivity contribution in [2.75, 3.05) is 36.4 Å². The van der Waals surface area contributed by atoms with Crippen molar-refractivity contribution in [3.8, 4) is 0 Å². The van der Waals surface area contributed by atoms with Crippen LogP contribution in [0.3, 0.4) is 0 Å². The summed E-state index contributed by atoms with van der Waals surface area (Å²) in [6.45, 7) is 0.588. The van der Waals surface area contributed by atoms with Crippen LogP contribution in [0.5, 0.6) is 0 Å². The number of aromatic nitrogens is 5. The van der Waals surface area contributed by atoms with Gasteiger partial charge in [0, 0.05) is 40.6 Å². The van der Waals surface area contributed by atoms with E-state index in [0.29, 0.717) is 24.4 Å². The molecule has 0 saturated carbocycles. The average molecular weight is 277 g/mol. The van der Waals surface area contributed by atoms with E-state index in [1.165, 1.54) is 0 Å². The summed E-state index contributed by atoms with van der Waals surface area (Å²) in [6, 6.07) is 0. The van der Waals surface area contributed by atoms with Gasteiger partial charge in [-0.1, -0.05) is 0 Å². The number of anilines is 3. The highest BCUT2D eigenvalue weighted by Gasteiger charge is 2.13. The summed E-state index contributed by atoms with van der Waals surface area (Å²) < 4.78 is 1.95. The number of aryl methyl sites for hydroxylation is 1. The second kappa shape index (κ2) is 5.70. The highest BCUT2D eigenvalue weighted by atomic mass is 15.4. The van der Waals surface area contributed by atoms with Crippen LogP contribution in [0.25, 0.3) is 0 Å². The lowest BCUT2D eigenvalue weighted by Gasteiger charge is -2.19. The number of hydrogen-bond acceptors (Lipinski definition) is 8. The van der Waals surface area contributed by atoms with E-state index < -0.39 is 0 Å². The Morgan fingerprint density at radius 3 is 2.45 bits per heavy atom. The summed E-state index contributed by atoms with van der Waals surface area (Å²) in [5.74, 6) is 7.70. The Morgan fingerprint density at radius 2 is 1.90 bits per heavy atom. The van der Waals surface area contributed by atoms with Crippen LogP contribution < -0.4 is 21.1 Å². The Labute approximate surface area is 117 Å². The molecule has 0 aliphatic heterocycles. The third-order valence-corrected chi connectivity index (χ3v) is 2.78. The van der Waals surface area contributed by atoms with Crippen molar-refractivity contribution in [2.24, 2.45) is 12.9 Å². The van der Waals surface area contributed by atoms with Crippen LogP contribution in [0.1, 0.15) is 5.82 Å². The molecule has 0 aliphatic carbocycles. The second-order valence-corrected chi connectivity index (χ2v) is 4.61. The van der Waals surface area contributed by atoms with E-state index in [1.54, 1.807) is 11.1 Å². The molecule has 3 N–H and O–H groups in total. The number of nitrogen functional groups attached to an aromatic ring is 1. The molecule has 0 radical (unpaired) electrons. The number of hydrazine groups is 1. The van der Waals surface area contributed by atoms with Gasteiger partial charge in [0.2, 0.25) is 17.8 Å². The summed E-state index contributed by atoms with van der Waals surface area (Å²) in [5.41, 5.74) is 2.45. The van der Waals surface area contributed by atoms with E-state index >= 15 is 0 Å². The van der Waals surface area contributed by atoms with Crippen molar-refractivity contribution in [1.82, 2.24) is 24.5 Å². The Bertz CT molecular complexity index is 577. The normalized spacial score (nSPS) is 10.4. The van der Waals surface area contributed by atoms with Crippen molar-refractivity contribution < 1.29 is 0 Å². The molecule has 0 amide bonds. The minimum atomic E-state index is 0.324. The van der Waals surface area contributed by atoms with Gasteiger partial charge < -0.3 is 14.4 Å². The molecular formula is C11H19N9. The molecule has 2 aromatic rings. The fourth-order valence-electron chi connectivity index (χ4n) is 1.62. The van der Waals surface area contributed by atoms with Crippen molar-refractivity contribution in [3.05, 3.63) is 18.2 Å². The third-order valence-electron chi connectivity index (χ3n) is 2.78. The van der Waals surface area contributed by atoms with Gasteiger partial charge in [-0.25, -0.2) is 10.8 Å². The first-order chi connectivity index (χ1) is 9.51. The quantitative estimate of drug-likeness (QED) is 0.562. The molecule has 0 bridgehead atoms. The molecule has 108 valence electrons. The summed E-state index contributed by atoms with van der Waals surface area (Å²) in [6.07, 6.45) is 3.66. The standard InChI is InChI=1S/C11H19N9/c1-18(2)10-14-9(17-12)15-11(16-10)20(4)7-8-13-5-6-19(8)3/h5-6H,7,12H2,1-4H3,(H,14,15,16,17). The zero-order valence-electron chi connectivity index (χ0n) is 12.1. The number of nitrogens with two attached hydrogens (primary N) is 1. The second-order valence-electron chi connectivity index (χ2n) is 4.61. The third kappa shape index (κ3) is 2.94. The first-order valence-electron chi connectivity index (χ1n) is 6.08. The van der Waals surface area contributed by atoms with Crippen LogP contribution in [0.15, 0.2) is 12.4 Å². The van der Waals surface area contributed by atoms with Crippen LogP contribution in [0, 0.1) is 0 Å². The predicted molar refractivity (Wildman–Crippen MR) is 77.3 cm³/mol. The number of imidazole rings is 1. The summed E-state index contributed by atoms with van der Waals surface area (Å²) in [4.78, 5) is 20.8. The molecule has 0 unspecified atom stereocenters. The maximum atomic E-state index is 5.39. The van der Waals surface area contributed by atoms with Gasteiger partial charge in [0.1, 0.15) is 5.82 Å². The lowest BCUT2D eigenvalue weighted by Crippen LogP contribution is -2.25. The molecule has 2 heterocycles. The van der Waals surface area contributed by atoms with Crippen LogP contribution >= 0.6 is 0 Å². The largest absolute Gasteiger partial charge is 0.347 e. The number of nitrogens with one attached hydrogen (secondary N) is 1.